The Balaban J connectivity index is 1.80. The summed E-state index contributed by atoms with van der Waals surface area (Å²) < 4.78 is 16.3. The van der Waals surface area contributed by atoms with E-state index < -0.39 is 6.10 Å². The van der Waals surface area contributed by atoms with Gasteiger partial charge in [0.25, 0.3) is 0 Å². The van der Waals surface area contributed by atoms with E-state index in [9.17, 15) is 5.11 Å². The van der Waals surface area contributed by atoms with E-state index in [1.165, 1.54) is 0 Å². The van der Waals surface area contributed by atoms with E-state index >= 15 is 0 Å². The maximum Gasteiger partial charge on any atom is 0.167 e. The van der Waals surface area contributed by atoms with Crippen LogP contribution in [0.5, 0.6) is 17.2 Å². The number of aliphatic hydroxyl groups excluding tert-OH is 1. The van der Waals surface area contributed by atoms with Gasteiger partial charge in [-0.3, -0.25) is 0 Å². The number of benzene rings is 2. The van der Waals surface area contributed by atoms with Crippen molar-refractivity contribution in [2.75, 3.05) is 20.3 Å². The summed E-state index contributed by atoms with van der Waals surface area (Å²) >= 11 is 0. The second-order valence-electron chi connectivity index (χ2n) is 4.94. The lowest BCUT2D eigenvalue weighted by Crippen LogP contribution is -2.17. The van der Waals surface area contributed by atoms with Gasteiger partial charge in [0, 0.05) is 12.0 Å². The molecule has 2 aromatic rings. The Morgan fingerprint density at radius 1 is 1.10 bits per heavy atom. The smallest absolute Gasteiger partial charge is 0.167 e. The molecular formula is C17H18O4. The van der Waals surface area contributed by atoms with Crippen LogP contribution in [-0.2, 0) is 6.42 Å². The van der Waals surface area contributed by atoms with Crippen molar-refractivity contribution in [1.29, 1.82) is 0 Å². The average molecular weight is 286 g/mol. The Hall–Kier alpha value is -2.20. The Kier molecular flexibility index (Phi) is 3.97. The Morgan fingerprint density at radius 2 is 1.86 bits per heavy atom. The third-order valence-corrected chi connectivity index (χ3v) is 3.54. The quantitative estimate of drug-likeness (QED) is 0.939. The van der Waals surface area contributed by atoms with Crippen molar-refractivity contribution in [2.24, 2.45) is 0 Å². The highest BCUT2D eigenvalue weighted by Crippen LogP contribution is 2.37. The lowest BCUT2D eigenvalue weighted by Gasteiger charge is -2.23. The number of fused-ring (bicyclic) bond motifs is 1. The number of rotatable bonds is 4. The molecule has 1 aliphatic heterocycles. The molecule has 3 rings (SSSR count). The summed E-state index contributed by atoms with van der Waals surface area (Å²) in [6.45, 7) is 1.06. The van der Waals surface area contributed by atoms with Crippen LogP contribution >= 0.6 is 0 Å². The van der Waals surface area contributed by atoms with Crippen LogP contribution in [0.3, 0.4) is 0 Å². The molecule has 1 aliphatic rings. The van der Waals surface area contributed by atoms with E-state index in [4.69, 9.17) is 14.2 Å². The van der Waals surface area contributed by atoms with Gasteiger partial charge in [-0.2, -0.15) is 0 Å². The minimum atomic E-state index is -0.630. The van der Waals surface area contributed by atoms with Gasteiger partial charge in [0.15, 0.2) is 11.5 Å². The SMILES string of the molecule is COc1ccc(CC(O)c2cccc3c2OCCO3)cc1. The molecule has 0 bridgehead atoms. The Bertz CT molecular complexity index is 607. The molecule has 1 N–H and O–H groups in total. The first-order valence-electron chi connectivity index (χ1n) is 6.97. The molecule has 21 heavy (non-hydrogen) atoms. The standard InChI is InChI=1S/C17H18O4/c1-19-13-7-5-12(6-8-13)11-15(18)14-3-2-4-16-17(14)21-10-9-20-16/h2-8,15,18H,9-11H2,1H3. The average Bonchev–Trinajstić information content (AvgIpc) is 2.55. The van der Waals surface area contributed by atoms with Crippen LogP contribution in [-0.4, -0.2) is 25.4 Å². The lowest BCUT2D eigenvalue weighted by atomic mass is 10.00. The van der Waals surface area contributed by atoms with Crippen molar-refractivity contribution in [3.63, 3.8) is 0 Å². The van der Waals surface area contributed by atoms with Gasteiger partial charge in [0.1, 0.15) is 19.0 Å². The van der Waals surface area contributed by atoms with E-state index in [-0.39, 0.29) is 0 Å². The number of para-hydroxylation sites is 1. The Labute approximate surface area is 123 Å². The zero-order valence-electron chi connectivity index (χ0n) is 11.9. The van der Waals surface area contributed by atoms with Gasteiger partial charge in [-0.1, -0.05) is 24.3 Å². The molecule has 110 valence electrons. The summed E-state index contributed by atoms with van der Waals surface area (Å²) in [5, 5.41) is 10.5. The topological polar surface area (TPSA) is 47.9 Å². The molecule has 4 nitrogen and oxygen atoms in total. The number of hydrogen-bond donors (Lipinski definition) is 1. The van der Waals surface area contributed by atoms with Crippen LogP contribution in [0.25, 0.3) is 0 Å². The summed E-state index contributed by atoms with van der Waals surface area (Å²) in [5.41, 5.74) is 1.81. The maximum absolute atomic E-state index is 10.5. The van der Waals surface area contributed by atoms with Gasteiger partial charge in [0.2, 0.25) is 0 Å². The summed E-state index contributed by atoms with van der Waals surface area (Å²) in [6.07, 6.45) is -0.112. The number of ether oxygens (including phenoxy) is 3. The van der Waals surface area contributed by atoms with Gasteiger partial charge in [-0.15, -0.1) is 0 Å². The van der Waals surface area contributed by atoms with Crippen LogP contribution in [0.2, 0.25) is 0 Å². The van der Waals surface area contributed by atoms with Gasteiger partial charge in [-0.05, 0) is 23.8 Å². The van der Waals surface area contributed by atoms with Crippen LogP contribution < -0.4 is 14.2 Å². The lowest BCUT2D eigenvalue weighted by molar-refractivity contribution is 0.146. The third kappa shape index (κ3) is 2.95. The molecule has 2 aromatic carbocycles. The molecule has 0 aliphatic carbocycles. The van der Waals surface area contributed by atoms with E-state index in [0.29, 0.717) is 31.1 Å². The van der Waals surface area contributed by atoms with Crippen molar-refractivity contribution in [3.05, 3.63) is 53.6 Å². The molecule has 0 saturated heterocycles. The minimum Gasteiger partial charge on any atom is -0.497 e. The largest absolute Gasteiger partial charge is 0.497 e. The summed E-state index contributed by atoms with van der Waals surface area (Å²) in [5.74, 6) is 2.17. The number of aliphatic hydroxyl groups is 1. The first-order valence-corrected chi connectivity index (χ1v) is 6.97. The second kappa shape index (κ2) is 6.06. The summed E-state index contributed by atoms with van der Waals surface area (Å²) in [7, 11) is 1.64. The molecule has 1 heterocycles. The van der Waals surface area contributed by atoms with Crippen molar-refractivity contribution in [3.8, 4) is 17.2 Å². The fraction of sp³-hybridized carbons (Fsp3) is 0.294. The number of hydrogen-bond acceptors (Lipinski definition) is 4. The van der Waals surface area contributed by atoms with Gasteiger partial charge < -0.3 is 19.3 Å². The molecule has 0 spiro atoms. The van der Waals surface area contributed by atoms with Crippen LogP contribution in [0.4, 0.5) is 0 Å². The summed E-state index contributed by atoms with van der Waals surface area (Å²) in [4.78, 5) is 0. The second-order valence-corrected chi connectivity index (χ2v) is 4.94. The monoisotopic (exact) mass is 286 g/mol. The number of methoxy groups -OCH3 is 1. The van der Waals surface area contributed by atoms with Crippen molar-refractivity contribution >= 4 is 0 Å². The van der Waals surface area contributed by atoms with Crippen molar-refractivity contribution in [2.45, 2.75) is 12.5 Å². The van der Waals surface area contributed by atoms with Crippen LogP contribution in [0.15, 0.2) is 42.5 Å². The molecule has 0 fully saturated rings. The van der Waals surface area contributed by atoms with Crippen LogP contribution in [0, 0.1) is 0 Å². The van der Waals surface area contributed by atoms with E-state index in [1.54, 1.807) is 7.11 Å². The minimum absolute atomic E-state index is 0.513. The molecule has 0 saturated carbocycles. The molecule has 0 radical (unpaired) electrons. The van der Waals surface area contributed by atoms with E-state index in [1.807, 2.05) is 42.5 Å². The zero-order chi connectivity index (χ0) is 14.7. The van der Waals surface area contributed by atoms with Crippen molar-refractivity contribution in [1.82, 2.24) is 0 Å². The first kappa shape index (κ1) is 13.8. The van der Waals surface area contributed by atoms with Crippen LogP contribution in [0.1, 0.15) is 17.2 Å². The molecule has 0 aromatic heterocycles. The zero-order valence-corrected chi connectivity index (χ0v) is 11.9. The molecule has 1 unspecified atom stereocenters. The van der Waals surface area contributed by atoms with E-state index in [0.717, 1.165) is 16.9 Å². The van der Waals surface area contributed by atoms with Gasteiger partial charge in [-0.25, -0.2) is 0 Å². The molecule has 4 heteroatoms. The highest BCUT2D eigenvalue weighted by atomic mass is 16.6. The first-order chi connectivity index (χ1) is 10.3. The molecule has 0 amide bonds. The molecule has 1 atom stereocenters. The Morgan fingerprint density at radius 3 is 2.62 bits per heavy atom. The summed E-state index contributed by atoms with van der Waals surface area (Å²) in [6, 6.07) is 13.3. The highest BCUT2D eigenvalue weighted by Gasteiger charge is 2.20. The van der Waals surface area contributed by atoms with Gasteiger partial charge >= 0.3 is 0 Å². The van der Waals surface area contributed by atoms with Gasteiger partial charge in [0.05, 0.1) is 13.2 Å². The predicted octanol–water partition coefficient (Wildman–Crippen LogP) is 2.74. The fourth-order valence-corrected chi connectivity index (χ4v) is 2.45. The normalized spacial score (nSPS) is 14.6. The maximum atomic E-state index is 10.5. The highest BCUT2D eigenvalue weighted by molar-refractivity contribution is 5.48. The predicted molar refractivity (Wildman–Crippen MR) is 79.1 cm³/mol. The fourth-order valence-electron chi connectivity index (χ4n) is 2.45. The third-order valence-electron chi connectivity index (χ3n) is 3.54. The molecular weight excluding hydrogens is 268 g/mol. The van der Waals surface area contributed by atoms with Crippen molar-refractivity contribution < 1.29 is 19.3 Å². The van der Waals surface area contributed by atoms with E-state index in [2.05, 4.69) is 0 Å².